The summed E-state index contributed by atoms with van der Waals surface area (Å²) in [6.07, 6.45) is 2.85. The lowest BCUT2D eigenvalue weighted by molar-refractivity contribution is 0.474. The molecule has 1 aromatic carbocycles. The summed E-state index contributed by atoms with van der Waals surface area (Å²) in [7, 11) is 0. The highest BCUT2D eigenvalue weighted by molar-refractivity contribution is 5.78. The molecule has 0 aliphatic carbocycles. The number of benzene rings is 1. The quantitative estimate of drug-likeness (QED) is 0.887. The Morgan fingerprint density at radius 2 is 1.79 bits per heavy atom. The standard InChI is InChI=1S/C15H12FNO2/c1-3-11-12(4-2)17-15(19)13(14(11)18)9-5-7-10(16)8-6-9/h3-8H,1-2H2,(H2,17,18,19). The van der Waals surface area contributed by atoms with Gasteiger partial charge in [0, 0.05) is 5.56 Å². The zero-order chi connectivity index (χ0) is 14.0. The fraction of sp³-hybridized carbons (Fsp3) is 0. The largest absolute Gasteiger partial charge is 0.506 e. The maximum absolute atomic E-state index is 12.9. The molecule has 96 valence electrons. The zero-order valence-electron chi connectivity index (χ0n) is 10.1. The molecule has 2 N–H and O–H groups in total. The molecule has 0 fully saturated rings. The molecule has 0 saturated heterocycles. The Bertz CT molecular complexity index is 699. The van der Waals surface area contributed by atoms with E-state index in [0.717, 1.165) is 0 Å². The van der Waals surface area contributed by atoms with Gasteiger partial charge < -0.3 is 10.1 Å². The van der Waals surface area contributed by atoms with E-state index in [4.69, 9.17) is 0 Å². The monoisotopic (exact) mass is 257 g/mol. The van der Waals surface area contributed by atoms with Crippen LogP contribution in [0.4, 0.5) is 4.39 Å². The molecule has 0 spiro atoms. The summed E-state index contributed by atoms with van der Waals surface area (Å²) < 4.78 is 12.9. The van der Waals surface area contributed by atoms with Crippen molar-refractivity contribution in [2.24, 2.45) is 0 Å². The maximum Gasteiger partial charge on any atom is 0.260 e. The number of aromatic amines is 1. The normalized spacial score (nSPS) is 10.2. The fourth-order valence-corrected chi connectivity index (χ4v) is 1.87. The van der Waals surface area contributed by atoms with E-state index in [1.165, 1.54) is 36.4 Å². The van der Waals surface area contributed by atoms with Crippen LogP contribution in [0.2, 0.25) is 0 Å². The van der Waals surface area contributed by atoms with E-state index in [2.05, 4.69) is 18.1 Å². The smallest absolute Gasteiger partial charge is 0.260 e. The molecule has 1 aromatic heterocycles. The summed E-state index contributed by atoms with van der Waals surface area (Å²) in [5, 5.41) is 10.2. The van der Waals surface area contributed by atoms with Crippen LogP contribution in [-0.2, 0) is 0 Å². The summed E-state index contributed by atoms with van der Waals surface area (Å²) in [5.74, 6) is -0.605. The molecule has 3 nitrogen and oxygen atoms in total. The first-order valence-electron chi connectivity index (χ1n) is 5.58. The van der Waals surface area contributed by atoms with Gasteiger partial charge >= 0.3 is 0 Å². The van der Waals surface area contributed by atoms with Crippen molar-refractivity contribution in [1.82, 2.24) is 4.98 Å². The molecular formula is C15H12FNO2. The number of nitrogens with one attached hydrogen (secondary N) is 1. The molecule has 0 aliphatic heterocycles. The Hall–Kier alpha value is -2.62. The van der Waals surface area contributed by atoms with Crippen molar-refractivity contribution < 1.29 is 9.50 Å². The first-order valence-corrected chi connectivity index (χ1v) is 5.58. The van der Waals surface area contributed by atoms with Crippen molar-refractivity contribution in [2.75, 3.05) is 0 Å². The molecule has 0 aliphatic rings. The van der Waals surface area contributed by atoms with Crippen LogP contribution in [0.3, 0.4) is 0 Å². The number of H-pyrrole nitrogens is 1. The number of hydrogen-bond acceptors (Lipinski definition) is 2. The Kier molecular flexibility index (Phi) is 3.33. The van der Waals surface area contributed by atoms with Gasteiger partial charge in [-0.25, -0.2) is 4.39 Å². The van der Waals surface area contributed by atoms with Crippen molar-refractivity contribution in [1.29, 1.82) is 0 Å². The third-order valence-corrected chi connectivity index (χ3v) is 2.80. The lowest BCUT2D eigenvalue weighted by Crippen LogP contribution is -2.12. The summed E-state index contributed by atoms with van der Waals surface area (Å²) >= 11 is 0. The van der Waals surface area contributed by atoms with E-state index in [1.54, 1.807) is 0 Å². The van der Waals surface area contributed by atoms with E-state index in [1.807, 2.05) is 0 Å². The molecule has 4 heteroatoms. The van der Waals surface area contributed by atoms with E-state index in [0.29, 0.717) is 16.8 Å². The summed E-state index contributed by atoms with van der Waals surface area (Å²) in [6, 6.07) is 5.31. The van der Waals surface area contributed by atoms with Crippen molar-refractivity contribution in [3.63, 3.8) is 0 Å². The SMILES string of the molecule is C=Cc1[nH]c(=O)c(-c2ccc(F)cc2)c(O)c1C=C. The van der Waals surface area contributed by atoms with Crippen molar-refractivity contribution in [3.05, 3.63) is 64.9 Å². The van der Waals surface area contributed by atoms with E-state index in [-0.39, 0.29) is 11.3 Å². The minimum atomic E-state index is -0.468. The lowest BCUT2D eigenvalue weighted by atomic mass is 10.0. The van der Waals surface area contributed by atoms with Crippen molar-refractivity contribution in [2.45, 2.75) is 0 Å². The van der Waals surface area contributed by atoms with Crippen molar-refractivity contribution >= 4 is 12.2 Å². The predicted molar refractivity (Wildman–Crippen MR) is 74.3 cm³/mol. The Balaban J connectivity index is 2.77. The highest BCUT2D eigenvalue weighted by Crippen LogP contribution is 2.31. The van der Waals surface area contributed by atoms with Gasteiger partial charge in [0.25, 0.3) is 5.56 Å². The summed E-state index contributed by atoms with van der Waals surface area (Å²) in [4.78, 5) is 14.6. The van der Waals surface area contributed by atoms with Gasteiger partial charge in [-0.2, -0.15) is 0 Å². The van der Waals surface area contributed by atoms with Crippen LogP contribution >= 0.6 is 0 Å². The van der Waals surface area contributed by atoms with Crippen LogP contribution in [0, 0.1) is 5.82 Å². The Labute approximate surface area is 109 Å². The number of aromatic hydroxyl groups is 1. The Morgan fingerprint density at radius 1 is 1.16 bits per heavy atom. The van der Waals surface area contributed by atoms with Gasteiger partial charge in [0.15, 0.2) is 0 Å². The molecule has 2 rings (SSSR count). The molecule has 2 aromatic rings. The third kappa shape index (κ3) is 2.20. The van der Waals surface area contributed by atoms with E-state index < -0.39 is 11.4 Å². The van der Waals surface area contributed by atoms with Crippen LogP contribution in [0.25, 0.3) is 23.3 Å². The van der Waals surface area contributed by atoms with Crippen LogP contribution in [-0.4, -0.2) is 10.1 Å². The average molecular weight is 257 g/mol. The number of pyridine rings is 1. The van der Waals surface area contributed by atoms with Gasteiger partial charge in [-0.15, -0.1) is 0 Å². The van der Waals surface area contributed by atoms with Gasteiger partial charge in [0.1, 0.15) is 11.6 Å². The zero-order valence-corrected chi connectivity index (χ0v) is 10.1. The number of aromatic nitrogens is 1. The fourth-order valence-electron chi connectivity index (χ4n) is 1.87. The molecule has 0 unspecified atom stereocenters. The second-order valence-electron chi connectivity index (χ2n) is 3.92. The third-order valence-electron chi connectivity index (χ3n) is 2.80. The van der Waals surface area contributed by atoms with Crippen LogP contribution in [0.5, 0.6) is 5.75 Å². The maximum atomic E-state index is 12.9. The van der Waals surface area contributed by atoms with Gasteiger partial charge in [-0.1, -0.05) is 31.4 Å². The van der Waals surface area contributed by atoms with Crippen molar-refractivity contribution in [3.8, 4) is 16.9 Å². The highest BCUT2D eigenvalue weighted by atomic mass is 19.1. The van der Waals surface area contributed by atoms with Crippen LogP contribution in [0.15, 0.2) is 42.2 Å². The van der Waals surface area contributed by atoms with Gasteiger partial charge in [0.05, 0.1) is 11.3 Å². The summed E-state index contributed by atoms with van der Waals surface area (Å²) in [6.45, 7) is 7.15. The predicted octanol–water partition coefficient (Wildman–Crippen LogP) is 3.17. The lowest BCUT2D eigenvalue weighted by Gasteiger charge is -2.09. The molecular weight excluding hydrogens is 245 g/mol. The van der Waals surface area contributed by atoms with E-state index in [9.17, 15) is 14.3 Å². The first kappa shape index (κ1) is 12.8. The topological polar surface area (TPSA) is 53.1 Å². The molecule has 0 radical (unpaired) electrons. The first-order chi connectivity index (χ1) is 9.08. The Morgan fingerprint density at radius 3 is 2.32 bits per heavy atom. The molecule has 0 saturated carbocycles. The molecule has 0 amide bonds. The molecule has 0 atom stereocenters. The minimum Gasteiger partial charge on any atom is -0.506 e. The second-order valence-corrected chi connectivity index (χ2v) is 3.92. The van der Waals surface area contributed by atoms with E-state index >= 15 is 0 Å². The highest BCUT2D eigenvalue weighted by Gasteiger charge is 2.15. The molecule has 1 heterocycles. The van der Waals surface area contributed by atoms with Gasteiger partial charge in [0.2, 0.25) is 0 Å². The average Bonchev–Trinajstić information content (AvgIpc) is 2.40. The number of rotatable bonds is 3. The van der Waals surface area contributed by atoms with Crippen LogP contribution < -0.4 is 5.56 Å². The molecule has 0 bridgehead atoms. The summed E-state index contributed by atoms with van der Waals surface area (Å²) in [5.41, 5.74) is 0.821. The second kappa shape index (κ2) is 4.94. The molecule has 19 heavy (non-hydrogen) atoms. The minimum absolute atomic E-state index is 0.0838. The number of halogens is 1. The van der Waals surface area contributed by atoms with Gasteiger partial charge in [-0.05, 0) is 23.8 Å². The van der Waals surface area contributed by atoms with Gasteiger partial charge in [-0.3, -0.25) is 4.79 Å². The van der Waals surface area contributed by atoms with Crippen LogP contribution in [0.1, 0.15) is 11.3 Å². The number of hydrogen-bond donors (Lipinski definition) is 2.